The number of hydrogen-bond acceptors (Lipinski definition) is 2. The molecule has 1 N–H and O–H groups in total. The molecule has 0 atom stereocenters. The van der Waals surface area contributed by atoms with Gasteiger partial charge in [-0.1, -0.05) is 20.8 Å². The standard InChI is InChI=1S/C11H15NO3/c1-11(2,3)9(13)7-5-6-8(10(14)15)12(7)4/h5-6H,1-4H3,(H,14,15). The number of rotatable bonds is 2. The second-order valence-electron chi connectivity index (χ2n) is 4.55. The van der Waals surface area contributed by atoms with E-state index in [1.165, 1.54) is 10.6 Å². The minimum absolute atomic E-state index is 0.0579. The highest BCUT2D eigenvalue weighted by molar-refractivity contribution is 6.00. The van der Waals surface area contributed by atoms with Crippen LogP contribution in [0.1, 0.15) is 41.7 Å². The van der Waals surface area contributed by atoms with Crippen LogP contribution in [0.4, 0.5) is 0 Å². The molecular formula is C11H15NO3. The maximum atomic E-state index is 11.9. The van der Waals surface area contributed by atoms with Crippen molar-refractivity contribution in [1.82, 2.24) is 4.57 Å². The fourth-order valence-corrected chi connectivity index (χ4v) is 1.34. The minimum Gasteiger partial charge on any atom is -0.477 e. The fourth-order valence-electron chi connectivity index (χ4n) is 1.34. The molecule has 4 nitrogen and oxygen atoms in total. The van der Waals surface area contributed by atoms with Crippen LogP contribution in [0.2, 0.25) is 0 Å². The number of carbonyl (C=O) groups is 2. The zero-order valence-electron chi connectivity index (χ0n) is 9.37. The van der Waals surface area contributed by atoms with E-state index < -0.39 is 11.4 Å². The summed E-state index contributed by atoms with van der Waals surface area (Å²) in [5.41, 5.74) is 0.0597. The van der Waals surface area contributed by atoms with Crippen molar-refractivity contribution in [2.45, 2.75) is 20.8 Å². The van der Waals surface area contributed by atoms with Gasteiger partial charge < -0.3 is 9.67 Å². The molecule has 15 heavy (non-hydrogen) atoms. The zero-order valence-corrected chi connectivity index (χ0v) is 9.37. The molecule has 0 aliphatic rings. The van der Waals surface area contributed by atoms with E-state index in [0.717, 1.165) is 0 Å². The van der Waals surface area contributed by atoms with Crippen LogP contribution >= 0.6 is 0 Å². The normalized spacial score (nSPS) is 11.5. The molecule has 0 aromatic carbocycles. The number of ketones is 1. The average Bonchev–Trinajstić information content (AvgIpc) is 2.44. The van der Waals surface area contributed by atoms with E-state index in [9.17, 15) is 9.59 Å². The summed E-state index contributed by atoms with van der Waals surface area (Å²) >= 11 is 0. The third kappa shape index (κ3) is 2.09. The lowest BCUT2D eigenvalue weighted by Gasteiger charge is -2.17. The van der Waals surface area contributed by atoms with Crippen molar-refractivity contribution in [2.24, 2.45) is 12.5 Å². The van der Waals surface area contributed by atoms with Crippen molar-refractivity contribution in [1.29, 1.82) is 0 Å². The van der Waals surface area contributed by atoms with Gasteiger partial charge in [0.25, 0.3) is 0 Å². The van der Waals surface area contributed by atoms with E-state index in [1.54, 1.807) is 13.1 Å². The van der Waals surface area contributed by atoms with Gasteiger partial charge in [-0.25, -0.2) is 4.79 Å². The average molecular weight is 209 g/mol. The molecule has 0 spiro atoms. The molecule has 4 heteroatoms. The van der Waals surface area contributed by atoms with Gasteiger partial charge in [-0.05, 0) is 12.1 Å². The predicted molar refractivity (Wildman–Crippen MR) is 56.2 cm³/mol. The lowest BCUT2D eigenvalue weighted by atomic mass is 9.89. The first-order valence-electron chi connectivity index (χ1n) is 4.69. The third-order valence-corrected chi connectivity index (χ3v) is 2.25. The minimum atomic E-state index is -1.02. The molecule has 1 heterocycles. The summed E-state index contributed by atoms with van der Waals surface area (Å²) in [7, 11) is 1.59. The first-order chi connectivity index (χ1) is 6.75. The molecule has 0 aliphatic carbocycles. The molecule has 0 radical (unpaired) electrons. The molecule has 82 valence electrons. The molecular weight excluding hydrogens is 194 g/mol. The third-order valence-electron chi connectivity index (χ3n) is 2.25. The van der Waals surface area contributed by atoms with Crippen LogP contribution in [0.15, 0.2) is 12.1 Å². The Morgan fingerprint density at radius 3 is 2.00 bits per heavy atom. The number of carbonyl (C=O) groups excluding carboxylic acids is 1. The molecule has 0 bridgehead atoms. The number of aromatic carboxylic acids is 1. The molecule has 0 aliphatic heterocycles. The van der Waals surface area contributed by atoms with Crippen LogP contribution in [-0.4, -0.2) is 21.4 Å². The van der Waals surface area contributed by atoms with E-state index in [4.69, 9.17) is 5.11 Å². The second-order valence-corrected chi connectivity index (χ2v) is 4.55. The van der Waals surface area contributed by atoms with Gasteiger partial charge in [-0.2, -0.15) is 0 Å². The van der Waals surface area contributed by atoms with Crippen LogP contribution < -0.4 is 0 Å². The molecule has 1 aromatic rings. The monoisotopic (exact) mass is 209 g/mol. The molecule has 0 saturated carbocycles. The van der Waals surface area contributed by atoms with Gasteiger partial charge in [0.2, 0.25) is 0 Å². The first-order valence-corrected chi connectivity index (χ1v) is 4.69. The van der Waals surface area contributed by atoms with E-state index in [1.807, 2.05) is 20.8 Å². The molecule has 0 saturated heterocycles. The molecule has 1 aromatic heterocycles. The van der Waals surface area contributed by atoms with Crippen LogP contribution in [0, 0.1) is 5.41 Å². The molecule has 0 amide bonds. The number of hydrogen-bond donors (Lipinski definition) is 1. The maximum absolute atomic E-state index is 11.9. The Morgan fingerprint density at radius 1 is 1.20 bits per heavy atom. The van der Waals surface area contributed by atoms with Crippen molar-refractivity contribution in [3.63, 3.8) is 0 Å². The van der Waals surface area contributed by atoms with Gasteiger partial charge >= 0.3 is 5.97 Å². The largest absolute Gasteiger partial charge is 0.477 e. The van der Waals surface area contributed by atoms with Crippen molar-refractivity contribution in [2.75, 3.05) is 0 Å². The fraction of sp³-hybridized carbons (Fsp3) is 0.455. The van der Waals surface area contributed by atoms with Crippen molar-refractivity contribution in [3.8, 4) is 0 Å². The molecule has 0 unspecified atom stereocenters. The topological polar surface area (TPSA) is 59.3 Å². The number of Topliss-reactive ketones (excluding diaryl/α,β-unsaturated/α-hetero) is 1. The van der Waals surface area contributed by atoms with Gasteiger partial charge in [0.15, 0.2) is 5.78 Å². The lowest BCUT2D eigenvalue weighted by Crippen LogP contribution is -2.23. The number of aromatic nitrogens is 1. The summed E-state index contributed by atoms with van der Waals surface area (Å²) in [5, 5.41) is 8.83. The summed E-state index contributed by atoms with van der Waals surface area (Å²) in [6.07, 6.45) is 0. The van der Waals surface area contributed by atoms with E-state index >= 15 is 0 Å². The SMILES string of the molecule is Cn1c(C(=O)O)ccc1C(=O)C(C)(C)C. The highest BCUT2D eigenvalue weighted by atomic mass is 16.4. The quantitative estimate of drug-likeness (QED) is 0.757. The lowest BCUT2D eigenvalue weighted by molar-refractivity contribution is 0.0686. The second kappa shape index (κ2) is 3.53. The van der Waals surface area contributed by atoms with Crippen LogP contribution in [-0.2, 0) is 7.05 Å². The van der Waals surface area contributed by atoms with Crippen LogP contribution in [0.25, 0.3) is 0 Å². The smallest absolute Gasteiger partial charge is 0.352 e. The van der Waals surface area contributed by atoms with E-state index in [2.05, 4.69) is 0 Å². The van der Waals surface area contributed by atoms with Crippen LogP contribution in [0.5, 0.6) is 0 Å². The van der Waals surface area contributed by atoms with Crippen molar-refractivity contribution < 1.29 is 14.7 Å². The summed E-state index contributed by atoms with van der Waals surface area (Å²) < 4.78 is 1.41. The number of nitrogens with zero attached hydrogens (tertiary/aromatic N) is 1. The van der Waals surface area contributed by atoms with Gasteiger partial charge in [-0.15, -0.1) is 0 Å². The van der Waals surface area contributed by atoms with Gasteiger partial charge in [0.1, 0.15) is 5.69 Å². The van der Waals surface area contributed by atoms with E-state index in [-0.39, 0.29) is 11.5 Å². The summed E-state index contributed by atoms with van der Waals surface area (Å²) in [6.45, 7) is 5.42. The Morgan fingerprint density at radius 2 is 1.67 bits per heavy atom. The van der Waals surface area contributed by atoms with Gasteiger partial charge in [0.05, 0.1) is 5.69 Å². The highest BCUT2D eigenvalue weighted by Crippen LogP contribution is 2.21. The Bertz CT molecular complexity index is 410. The summed E-state index contributed by atoms with van der Waals surface area (Å²) in [6, 6.07) is 3.00. The van der Waals surface area contributed by atoms with Crippen LogP contribution in [0.3, 0.4) is 0 Å². The Balaban J connectivity index is 3.19. The first kappa shape index (κ1) is 11.5. The van der Waals surface area contributed by atoms with Gasteiger partial charge in [0, 0.05) is 12.5 Å². The van der Waals surface area contributed by atoms with Crippen molar-refractivity contribution >= 4 is 11.8 Å². The Hall–Kier alpha value is -1.58. The zero-order chi connectivity index (χ0) is 11.8. The highest BCUT2D eigenvalue weighted by Gasteiger charge is 2.26. The number of carboxylic acids is 1. The van der Waals surface area contributed by atoms with Gasteiger partial charge in [-0.3, -0.25) is 4.79 Å². The van der Waals surface area contributed by atoms with Crippen molar-refractivity contribution in [3.05, 3.63) is 23.5 Å². The molecule has 0 fully saturated rings. The van der Waals surface area contributed by atoms with E-state index in [0.29, 0.717) is 5.69 Å². The number of carboxylic acid groups (broad SMARTS) is 1. The summed E-state index contributed by atoms with van der Waals surface area (Å²) in [5.74, 6) is -1.08. The Kier molecular flexibility index (Phi) is 2.71. The Labute approximate surface area is 88.5 Å². The maximum Gasteiger partial charge on any atom is 0.352 e. The predicted octanol–water partition coefficient (Wildman–Crippen LogP) is 1.95. The summed E-state index contributed by atoms with van der Waals surface area (Å²) in [4.78, 5) is 22.7. The molecule has 1 rings (SSSR count).